The molecular formula is C29H38N2O4S. The molecule has 6 nitrogen and oxygen atoms in total. The number of rotatable bonds is 7. The average molecular weight is 511 g/mol. The maximum absolute atomic E-state index is 13.5. The topological polar surface area (TPSA) is 102 Å². The predicted octanol–water partition coefficient (Wildman–Crippen LogP) is 6.72. The van der Waals surface area contributed by atoms with Crippen molar-refractivity contribution in [2.75, 3.05) is 13.1 Å². The number of phenolic OH excluding ortho intramolecular Hbond substituents is 1. The zero-order valence-corrected chi connectivity index (χ0v) is 23.2. The van der Waals surface area contributed by atoms with Crippen LogP contribution in [0.1, 0.15) is 97.3 Å². The first kappa shape index (κ1) is 27.7. The summed E-state index contributed by atoms with van der Waals surface area (Å²) in [6.45, 7) is 14.9. The quantitative estimate of drug-likeness (QED) is 0.359. The Labute approximate surface area is 218 Å². The van der Waals surface area contributed by atoms with E-state index in [0.717, 1.165) is 34.4 Å². The zero-order chi connectivity index (χ0) is 27.0. The smallest absolute Gasteiger partial charge is 0.345 e. The van der Waals surface area contributed by atoms with E-state index in [1.54, 1.807) is 24.3 Å². The van der Waals surface area contributed by atoms with E-state index in [-0.39, 0.29) is 39.7 Å². The van der Waals surface area contributed by atoms with Gasteiger partial charge in [0.1, 0.15) is 16.5 Å². The molecule has 1 aromatic carbocycles. The van der Waals surface area contributed by atoms with Crippen LogP contribution in [0, 0.1) is 11.3 Å². The molecule has 0 aliphatic carbocycles. The summed E-state index contributed by atoms with van der Waals surface area (Å²) in [5, 5.41) is 29.1. The van der Waals surface area contributed by atoms with Gasteiger partial charge in [-0.3, -0.25) is 10.2 Å². The highest BCUT2D eigenvalue weighted by molar-refractivity contribution is 7.14. The maximum atomic E-state index is 13.5. The Hall–Kier alpha value is -2.93. The van der Waals surface area contributed by atoms with Crippen molar-refractivity contribution in [3.8, 4) is 5.75 Å². The van der Waals surface area contributed by atoms with Gasteiger partial charge >= 0.3 is 5.97 Å². The Bertz CT molecular complexity index is 1180. The van der Waals surface area contributed by atoms with Crippen LogP contribution in [0.5, 0.6) is 5.75 Å². The lowest BCUT2D eigenvalue weighted by Gasteiger charge is -2.28. The molecule has 3 N–H and O–H groups in total. The number of aromatic carboxylic acids is 1. The largest absolute Gasteiger partial charge is 0.507 e. The van der Waals surface area contributed by atoms with Crippen molar-refractivity contribution in [2.24, 2.45) is 5.92 Å². The summed E-state index contributed by atoms with van der Waals surface area (Å²) in [5.74, 6) is -0.373. The maximum Gasteiger partial charge on any atom is 0.345 e. The molecule has 2 heterocycles. The number of carbonyl (C=O) groups excluding carboxylic acids is 1. The van der Waals surface area contributed by atoms with E-state index < -0.39 is 5.97 Å². The van der Waals surface area contributed by atoms with Crippen LogP contribution < -0.4 is 0 Å². The lowest BCUT2D eigenvalue weighted by Crippen LogP contribution is -2.31. The Kier molecular flexibility index (Phi) is 7.84. The van der Waals surface area contributed by atoms with Gasteiger partial charge in [0, 0.05) is 39.6 Å². The molecule has 1 atom stereocenters. The first-order chi connectivity index (χ1) is 16.6. The van der Waals surface area contributed by atoms with Crippen molar-refractivity contribution in [1.82, 2.24) is 4.90 Å². The van der Waals surface area contributed by atoms with Crippen molar-refractivity contribution < 1.29 is 19.8 Å². The number of likely N-dealkylation sites (tertiary alicyclic amines) is 1. The van der Waals surface area contributed by atoms with Crippen molar-refractivity contribution in [2.45, 2.75) is 72.1 Å². The van der Waals surface area contributed by atoms with Crippen LogP contribution >= 0.6 is 11.3 Å². The van der Waals surface area contributed by atoms with Crippen molar-refractivity contribution in [1.29, 1.82) is 5.41 Å². The normalized spacial score (nSPS) is 17.8. The number of benzene rings is 1. The van der Waals surface area contributed by atoms with Crippen LogP contribution in [-0.2, 0) is 10.8 Å². The predicted molar refractivity (Wildman–Crippen MR) is 147 cm³/mol. The van der Waals surface area contributed by atoms with Crippen molar-refractivity contribution in [3.63, 3.8) is 0 Å². The third kappa shape index (κ3) is 5.89. The third-order valence-electron chi connectivity index (χ3n) is 6.63. The molecule has 3 rings (SSSR count). The number of thiophene rings is 1. The Balaban J connectivity index is 1.93. The molecule has 1 aliphatic rings. The molecule has 1 fully saturated rings. The number of carboxylic acids is 1. The number of carboxylic acid groups (broad SMARTS) is 1. The minimum absolute atomic E-state index is 0.0825. The van der Waals surface area contributed by atoms with E-state index in [9.17, 15) is 19.8 Å². The number of phenols is 1. The molecule has 1 aromatic heterocycles. The Morgan fingerprint density at radius 3 is 2.17 bits per heavy atom. The molecule has 7 heteroatoms. The van der Waals surface area contributed by atoms with Crippen molar-refractivity contribution in [3.05, 3.63) is 56.3 Å². The van der Waals surface area contributed by atoms with Gasteiger partial charge in [0.05, 0.1) is 6.54 Å². The van der Waals surface area contributed by atoms with E-state index in [4.69, 9.17) is 5.41 Å². The summed E-state index contributed by atoms with van der Waals surface area (Å²) in [7, 11) is 0. The molecule has 0 saturated carbocycles. The molecule has 194 valence electrons. The van der Waals surface area contributed by atoms with Crippen LogP contribution in [0.4, 0.5) is 0 Å². The molecule has 0 spiro atoms. The fourth-order valence-electron chi connectivity index (χ4n) is 4.66. The molecule has 0 bridgehead atoms. The van der Waals surface area contributed by atoms with Crippen LogP contribution in [0.25, 0.3) is 6.08 Å². The Morgan fingerprint density at radius 2 is 1.69 bits per heavy atom. The number of carbonyl (C=O) groups is 2. The lowest BCUT2D eigenvalue weighted by atomic mass is 9.78. The van der Waals surface area contributed by atoms with Gasteiger partial charge in [-0.25, -0.2) is 4.79 Å². The zero-order valence-electron chi connectivity index (χ0n) is 22.4. The first-order valence-electron chi connectivity index (χ1n) is 12.4. The average Bonchev–Trinajstić information content (AvgIpc) is 3.33. The van der Waals surface area contributed by atoms with E-state index in [1.807, 2.05) is 52.5 Å². The van der Waals surface area contributed by atoms with Gasteiger partial charge in [0.25, 0.3) is 0 Å². The number of Topliss-reactive ketones (excluding diaryl/α,β-unsaturated/α-hetero) is 1. The number of amidine groups is 1. The van der Waals surface area contributed by atoms with Gasteiger partial charge in [0.15, 0.2) is 5.78 Å². The molecule has 36 heavy (non-hydrogen) atoms. The highest BCUT2D eigenvalue weighted by Gasteiger charge is 2.34. The number of nitrogens with zero attached hydrogens (tertiary/aromatic N) is 1. The summed E-state index contributed by atoms with van der Waals surface area (Å²) in [6, 6.07) is 6.94. The molecular weight excluding hydrogens is 472 g/mol. The SMILES string of the molecule is CCCC1CN(CC(=O)c2cc(C(C)(C)C)c(O)c(C(C)(C)C)c2)C(=N)C1=Cc1ccc(C(=O)O)s1. The summed E-state index contributed by atoms with van der Waals surface area (Å²) in [6.07, 6.45) is 3.74. The van der Waals surface area contributed by atoms with E-state index >= 15 is 0 Å². The lowest BCUT2D eigenvalue weighted by molar-refractivity contribution is 0.0702. The fourth-order valence-corrected chi connectivity index (χ4v) is 5.46. The van der Waals surface area contributed by atoms with Crippen molar-refractivity contribution >= 4 is 35.0 Å². The number of nitrogens with one attached hydrogen (secondary N) is 1. The fraction of sp³-hybridized carbons (Fsp3) is 0.483. The minimum atomic E-state index is -0.957. The molecule has 1 aliphatic heterocycles. The number of ketones is 1. The molecule has 1 saturated heterocycles. The highest BCUT2D eigenvalue weighted by Crippen LogP contribution is 2.40. The summed E-state index contributed by atoms with van der Waals surface area (Å²) in [4.78, 5) is 27.7. The summed E-state index contributed by atoms with van der Waals surface area (Å²) < 4.78 is 0. The van der Waals surface area contributed by atoms with Gasteiger partial charge in [-0.2, -0.15) is 0 Å². The van der Waals surface area contributed by atoms with Crippen LogP contribution in [0.3, 0.4) is 0 Å². The van der Waals surface area contributed by atoms with E-state index in [0.29, 0.717) is 17.9 Å². The first-order valence-corrected chi connectivity index (χ1v) is 13.2. The summed E-state index contributed by atoms with van der Waals surface area (Å²) in [5.41, 5.74) is 2.21. The van der Waals surface area contributed by atoms with Crippen LogP contribution in [0.2, 0.25) is 0 Å². The van der Waals surface area contributed by atoms with Gasteiger partial charge < -0.3 is 15.1 Å². The second-order valence-electron chi connectivity index (χ2n) is 11.7. The Morgan fingerprint density at radius 1 is 1.11 bits per heavy atom. The molecule has 1 unspecified atom stereocenters. The molecule has 2 aromatic rings. The van der Waals surface area contributed by atoms with Gasteiger partial charge in [0.2, 0.25) is 0 Å². The molecule has 0 radical (unpaired) electrons. The van der Waals surface area contributed by atoms with E-state index in [2.05, 4.69) is 6.92 Å². The second-order valence-corrected chi connectivity index (χ2v) is 12.8. The number of aromatic hydroxyl groups is 1. The van der Waals surface area contributed by atoms with Gasteiger partial charge in [-0.15, -0.1) is 11.3 Å². The highest BCUT2D eigenvalue weighted by atomic mass is 32.1. The summed E-state index contributed by atoms with van der Waals surface area (Å²) >= 11 is 1.19. The monoisotopic (exact) mass is 510 g/mol. The number of hydrogen-bond donors (Lipinski definition) is 3. The molecule has 0 amide bonds. The third-order valence-corrected chi connectivity index (χ3v) is 7.65. The van der Waals surface area contributed by atoms with Gasteiger partial charge in [-0.05, 0) is 47.6 Å². The minimum Gasteiger partial charge on any atom is -0.507 e. The van der Waals surface area contributed by atoms with Crippen LogP contribution in [0.15, 0.2) is 29.8 Å². The van der Waals surface area contributed by atoms with Gasteiger partial charge in [-0.1, -0.05) is 54.9 Å². The van der Waals surface area contributed by atoms with E-state index in [1.165, 1.54) is 11.3 Å². The number of hydrogen-bond acceptors (Lipinski definition) is 5. The second kappa shape index (κ2) is 10.2. The standard InChI is InChI=1S/C29H38N2O4S/c1-8-9-17-15-31(26(30)20(17)14-19-10-11-24(36-19)27(34)35)16-23(32)18-12-21(28(2,3)4)25(33)22(13-18)29(5,6)7/h10-14,17,30,33H,8-9,15-16H2,1-7H3,(H,34,35). The van der Waals surface area contributed by atoms with Crippen LogP contribution in [-0.4, -0.2) is 45.8 Å².